The Hall–Kier alpha value is -3.75. The van der Waals surface area contributed by atoms with Crippen molar-refractivity contribution in [2.45, 2.75) is 39.4 Å². The summed E-state index contributed by atoms with van der Waals surface area (Å²) in [5.41, 5.74) is 7.78. The number of nitrogens with one attached hydrogen (secondary N) is 1. The summed E-state index contributed by atoms with van der Waals surface area (Å²) in [7, 11) is 0. The molecule has 1 atom stereocenters. The molecule has 1 aromatic heterocycles. The standard InChI is InChI=1S/C31H33N5O2S/c1-21-11-12-24(31-33-22(2)34-39-31)17-27(21)32-18-30(37)36-16-14-26-28(9-6-10-29(26)36)35-15-13-25(19-35)38-20-23-7-4-3-5-8-23/h3-12,17,25,32H,13-16,18-20H2,1-2H3. The molecule has 0 bridgehead atoms. The zero-order chi connectivity index (χ0) is 26.8. The molecule has 200 valence electrons. The SMILES string of the molecule is Cc1nsc(-c2ccc(C)c(NCC(=O)N3CCc4c(N5CCC(OCc6ccccc6)C5)cccc43)c2)n1. The highest BCUT2D eigenvalue weighted by Crippen LogP contribution is 2.37. The Morgan fingerprint density at radius 3 is 2.72 bits per heavy atom. The maximum absolute atomic E-state index is 13.4. The van der Waals surface area contributed by atoms with E-state index in [-0.39, 0.29) is 18.6 Å². The minimum atomic E-state index is 0.0768. The van der Waals surface area contributed by atoms with Crippen LogP contribution in [0.15, 0.2) is 66.7 Å². The van der Waals surface area contributed by atoms with Crippen molar-refractivity contribution in [1.82, 2.24) is 9.36 Å². The van der Waals surface area contributed by atoms with Gasteiger partial charge in [0.25, 0.3) is 0 Å². The fourth-order valence-electron chi connectivity index (χ4n) is 5.47. The van der Waals surface area contributed by atoms with Gasteiger partial charge in [0.05, 0.1) is 19.3 Å². The van der Waals surface area contributed by atoms with Gasteiger partial charge in [-0.25, -0.2) is 4.98 Å². The van der Waals surface area contributed by atoms with Crippen LogP contribution in [0.3, 0.4) is 0 Å². The van der Waals surface area contributed by atoms with E-state index < -0.39 is 0 Å². The lowest BCUT2D eigenvalue weighted by Gasteiger charge is -2.23. The summed E-state index contributed by atoms with van der Waals surface area (Å²) in [6.45, 7) is 7.38. The zero-order valence-corrected chi connectivity index (χ0v) is 23.2. The van der Waals surface area contributed by atoms with Crippen molar-refractivity contribution in [3.8, 4) is 10.6 Å². The number of rotatable bonds is 8. The molecule has 3 heterocycles. The summed E-state index contributed by atoms with van der Waals surface area (Å²) < 4.78 is 10.5. The number of aryl methyl sites for hydroxylation is 2. The van der Waals surface area contributed by atoms with Gasteiger partial charge in [-0.05, 0) is 67.5 Å². The van der Waals surface area contributed by atoms with E-state index in [0.717, 1.165) is 59.3 Å². The second-order valence-corrected chi connectivity index (χ2v) is 11.0. The molecule has 1 amide bonds. The Morgan fingerprint density at radius 2 is 1.90 bits per heavy atom. The highest BCUT2D eigenvalue weighted by molar-refractivity contribution is 7.09. The molecule has 3 aromatic carbocycles. The lowest BCUT2D eigenvalue weighted by Crippen LogP contribution is -2.34. The summed E-state index contributed by atoms with van der Waals surface area (Å²) in [4.78, 5) is 22.2. The topological polar surface area (TPSA) is 70.6 Å². The third-order valence-corrected chi connectivity index (χ3v) is 8.42. The van der Waals surface area contributed by atoms with Gasteiger partial charge in [0, 0.05) is 47.8 Å². The Labute approximate surface area is 233 Å². The summed E-state index contributed by atoms with van der Waals surface area (Å²) in [5.74, 6) is 0.851. The third kappa shape index (κ3) is 5.53. The second-order valence-electron chi connectivity index (χ2n) is 10.3. The van der Waals surface area contributed by atoms with Crippen molar-refractivity contribution >= 4 is 34.5 Å². The molecule has 8 heteroatoms. The molecule has 6 rings (SSSR count). The molecule has 1 saturated heterocycles. The van der Waals surface area contributed by atoms with Crippen LogP contribution in [0.4, 0.5) is 17.1 Å². The Kier molecular flexibility index (Phi) is 7.30. The van der Waals surface area contributed by atoms with Gasteiger partial charge in [0.1, 0.15) is 10.8 Å². The Morgan fingerprint density at radius 1 is 1.05 bits per heavy atom. The fourth-order valence-corrected chi connectivity index (χ4v) is 6.13. The van der Waals surface area contributed by atoms with Crippen LogP contribution in [0.5, 0.6) is 0 Å². The van der Waals surface area contributed by atoms with Crippen molar-refractivity contribution < 1.29 is 9.53 Å². The predicted molar refractivity (Wildman–Crippen MR) is 158 cm³/mol. The second kappa shape index (κ2) is 11.2. The van der Waals surface area contributed by atoms with Crippen LogP contribution in [0.1, 0.15) is 28.9 Å². The molecular formula is C31H33N5O2S. The summed E-state index contributed by atoms with van der Waals surface area (Å²) in [6.07, 6.45) is 2.10. The minimum absolute atomic E-state index is 0.0768. The summed E-state index contributed by atoms with van der Waals surface area (Å²) >= 11 is 1.39. The van der Waals surface area contributed by atoms with Crippen molar-refractivity contribution in [3.63, 3.8) is 0 Å². The first-order chi connectivity index (χ1) is 19.0. The van der Waals surface area contributed by atoms with Crippen molar-refractivity contribution in [3.05, 3.63) is 89.2 Å². The molecule has 1 unspecified atom stereocenters. The van der Waals surface area contributed by atoms with E-state index in [4.69, 9.17) is 4.74 Å². The molecule has 0 saturated carbocycles. The number of carbonyl (C=O) groups is 1. The zero-order valence-electron chi connectivity index (χ0n) is 22.4. The van der Waals surface area contributed by atoms with Gasteiger partial charge in [-0.3, -0.25) is 4.79 Å². The number of ether oxygens (including phenoxy) is 1. The normalized spacial score (nSPS) is 16.5. The first-order valence-corrected chi connectivity index (χ1v) is 14.3. The fraction of sp³-hybridized carbons (Fsp3) is 0.323. The predicted octanol–water partition coefficient (Wildman–Crippen LogP) is 5.62. The Bertz CT molecular complexity index is 1470. The van der Waals surface area contributed by atoms with E-state index in [2.05, 4.69) is 80.2 Å². The number of hydrogen-bond donors (Lipinski definition) is 1. The molecule has 4 aromatic rings. The van der Waals surface area contributed by atoms with Gasteiger partial charge in [0.15, 0.2) is 0 Å². The van der Waals surface area contributed by atoms with Gasteiger partial charge < -0.3 is 19.9 Å². The van der Waals surface area contributed by atoms with E-state index in [0.29, 0.717) is 13.2 Å². The first-order valence-electron chi connectivity index (χ1n) is 13.5. The number of nitrogens with zero attached hydrogens (tertiary/aromatic N) is 4. The van der Waals surface area contributed by atoms with Crippen molar-refractivity contribution in [2.24, 2.45) is 0 Å². The number of anilines is 3. The smallest absolute Gasteiger partial charge is 0.246 e. The molecule has 1 fully saturated rings. The van der Waals surface area contributed by atoms with Gasteiger partial charge >= 0.3 is 0 Å². The molecular weight excluding hydrogens is 506 g/mol. The lowest BCUT2D eigenvalue weighted by atomic mass is 10.1. The Balaban J connectivity index is 1.10. The monoisotopic (exact) mass is 539 g/mol. The third-order valence-electron chi connectivity index (χ3n) is 7.56. The van der Waals surface area contributed by atoms with Crippen LogP contribution in [-0.2, 0) is 22.6 Å². The largest absolute Gasteiger partial charge is 0.376 e. The first kappa shape index (κ1) is 25.5. The minimum Gasteiger partial charge on any atom is -0.376 e. The van der Waals surface area contributed by atoms with E-state index in [1.807, 2.05) is 24.8 Å². The molecule has 7 nitrogen and oxygen atoms in total. The van der Waals surface area contributed by atoms with E-state index >= 15 is 0 Å². The van der Waals surface area contributed by atoms with Crippen molar-refractivity contribution in [2.75, 3.05) is 41.3 Å². The lowest BCUT2D eigenvalue weighted by molar-refractivity contribution is -0.116. The van der Waals surface area contributed by atoms with E-state index in [9.17, 15) is 4.79 Å². The van der Waals surface area contributed by atoms with Crippen molar-refractivity contribution in [1.29, 1.82) is 0 Å². The van der Waals surface area contributed by atoms with Crippen LogP contribution >= 0.6 is 11.5 Å². The molecule has 0 aliphatic carbocycles. The maximum atomic E-state index is 13.4. The van der Waals surface area contributed by atoms with Crippen LogP contribution in [0.25, 0.3) is 10.6 Å². The highest BCUT2D eigenvalue weighted by Gasteiger charge is 2.31. The quantitative estimate of drug-likeness (QED) is 0.314. The number of benzene rings is 3. The average molecular weight is 540 g/mol. The van der Waals surface area contributed by atoms with Gasteiger partial charge in [-0.1, -0.05) is 48.5 Å². The number of aromatic nitrogens is 2. The van der Waals surface area contributed by atoms with Crippen LogP contribution < -0.4 is 15.1 Å². The molecule has 2 aliphatic rings. The van der Waals surface area contributed by atoms with Gasteiger partial charge in [-0.2, -0.15) is 4.37 Å². The van der Waals surface area contributed by atoms with E-state index in [1.165, 1.54) is 28.3 Å². The summed E-state index contributed by atoms with van der Waals surface area (Å²) in [6, 6.07) is 22.8. The molecule has 39 heavy (non-hydrogen) atoms. The number of amides is 1. The highest BCUT2D eigenvalue weighted by atomic mass is 32.1. The van der Waals surface area contributed by atoms with Gasteiger partial charge in [-0.15, -0.1) is 0 Å². The van der Waals surface area contributed by atoms with Crippen LogP contribution in [0, 0.1) is 13.8 Å². The summed E-state index contributed by atoms with van der Waals surface area (Å²) in [5, 5.41) is 4.27. The molecule has 0 radical (unpaired) electrons. The number of carbonyl (C=O) groups excluding carboxylic acids is 1. The van der Waals surface area contributed by atoms with E-state index in [1.54, 1.807) is 0 Å². The molecule has 0 spiro atoms. The molecule has 2 aliphatic heterocycles. The maximum Gasteiger partial charge on any atom is 0.246 e. The average Bonchev–Trinajstić information content (AvgIpc) is 3.71. The van der Waals surface area contributed by atoms with Gasteiger partial charge in [0.2, 0.25) is 5.91 Å². The van der Waals surface area contributed by atoms with Crippen LogP contribution in [0.2, 0.25) is 0 Å². The number of hydrogen-bond acceptors (Lipinski definition) is 7. The number of fused-ring (bicyclic) bond motifs is 1. The van der Waals surface area contributed by atoms with Crippen LogP contribution in [-0.4, -0.2) is 47.5 Å². The molecule has 1 N–H and O–H groups in total.